The minimum Gasteiger partial charge on any atom is -0.303 e. The summed E-state index contributed by atoms with van der Waals surface area (Å²) in [5.41, 5.74) is 2.59. The fraction of sp³-hybridized carbons (Fsp3) is 0.310. The lowest BCUT2D eigenvalue weighted by molar-refractivity contribution is -1.07. The van der Waals surface area contributed by atoms with Crippen LogP contribution in [0.5, 0.6) is 0 Å². The second kappa shape index (κ2) is 10.4. The number of aryl methyl sites for hydroxylation is 1. The second-order valence-electron chi connectivity index (χ2n) is 9.72. The maximum Gasteiger partial charge on any atom is 0.216 e. The van der Waals surface area contributed by atoms with Gasteiger partial charge in [-0.1, -0.05) is 72.8 Å². The van der Waals surface area contributed by atoms with Gasteiger partial charge >= 0.3 is 0 Å². The molecule has 176 valence electrons. The van der Waals surface area contributed by atoms with Crippen LogP contribution in [0, 0.1) is 12.7 Å². The number of Topliss-reactive ketones (excluding diaryl/α,β-unsaturated/α-hetero) is 2. The van der Waals surface area contributed by atoms with Gasteiger partial charge in [0.1, 0.15) is 58.2 Å². The molecule has 6 rings (SSSR count). The summed E-state index contributed by atoms with van der Waals surface area (Å²) in [6.45, 7) is 9.06. The average Bonchev–Trinajstić information content (AvgIpc) is 2.86. The molecule has 0 amide bonds. The van der Waals surface area contributed by atoms with Gasteiger partial charge in [0.15, 0.2) is 0 Å². The van der Waals surface area contributed by atoms with E-state index < -0.39 is 0 Å². The number of quaternary nitrogens is 2. The third-order valence-electron chi connectivity index (χ3n) is 7.28. The predicted molar refractivity (Wildman–Crippen MR) is 132 cm³/mol. The first-order valence-corrected chi connectivity index (χ1v) is 12.0. The molecular formula is C29H33FN2O2+2. The van der Waals surface area contributed by atoms with Crippen LogP contribution in [0.25, 0.3) is 0 Å². The van der Waals surface area contributed by atoms with Crippen LogP contribution in [0.2, 0.25) is 0 Å². The first-order valence-electron chi connectivity index (χ1n) is 12.0. The van der Waals surface area contributed by atoms with E-state index in [-0.39, 0.29) is 17.4 Å². The first-order chi connectivity index (χ1) is 16.4. The molecule has 0 radical (unpaired) electrons. The van der Waals surface area contributed by atoms with Gasteiger partial charge in [-0.15, -0.1) is 0 Å². The summed E-state index contributed by atoms with van der Waals surface area (Å²) in [5, 5.41) is 0. The van der Waals surface area contributed by atoms with Crippen LogP contribution >= 0.6 is 0 Å². The number of carbonyl (C=O) groups excluding carboxylic acids is 2. The van der Waals surface area contributed by atoms with Crippen LogP contribution in [0.3, 0.4) is 0 Å². The van der Waals surface area contributed by atoms with Crippen molar-refractivity contribution in [3.8, 4) is 0 Å². The summed E-state index contributed by atoms with van der Waals surface area (Å²) in [4.78, 5) is 25.3. The Morgan fingerprint density at radius 3 is 1.38 bits per heavy atom. The van der Waals surface area contributed by atoms with Crippen molar-refractivity contribution >= 4 is 11.6 Å². The molecule has 0 saturated carbocycles. The minimum absolute atomic E-state index is 0.162. The van der Waals surface area contributed by atoms with Crippen molar-refractivity contribution in [2.45, 2.75) is 6.92 Å². The van der Waals surface area contributed by atoms with E-state index in [0.29, 0.717) is 13.1 Å². The van der Waals surface area contributed by atoms with E-state index in [0.717, 1.165) is 64.9 Å². The fourth-order valence-electron chi connectivity index (χ4n) is 5.06. The van der Waals surface area contributed by atoms with Crippen LogP contribution in [0.15, 0.2) is 84.9 Å². The van der Waals surface area contributed by atoms with Crippen molar-refractivity contribution < 1.29 is 22.9 Å². The Morgan fingerprint density at radius 2 is 1.06 bits per heavy atom. The molecule has 0 aliphatic carbocycles. The predicted octanol–water partition coefficient (Wildman–Crippen LogP) is 4.55. The highest BCUT2D eigenvalue weighted by atomic mass is 19.1. The molecule has 0 atom stereocenters. The number of benzene rings is 3. The third-order valence-corrected chi connectivity index (χ3v) is 7.28. The molecule has 2 bridgehead atoms. The Labute approximate surface area is 201 Å². The van der Waals surface area contributed by atoms with E-state index in [1.807, 2.05) is 73.7 Å². The zero-order valence-electron chi connectivity index (χ0n) is 19.8. The smallest absolute Gasteiger partial charge is 0.216 e. The largest absolute Gasteiger partial charge is 0.303 e. The van der Waals surface area contributed by atoms with Gasteiger partial charge in [0, 0.05) is 11.1 Å². The second-order valence-corrected chi connectivity index (χ2v) is 9.72. The minimum atomic E-state index is -0.162. The lowest BCUT2D eigenvalue weighted by Crippen LogP contribution is -2.76. The molecule has 3 heterocycles. The Kier molecular flexibility index (Phi) is 7.35. The SMILES string of the molecule is Cc1cccc(F)c1.O=C(C[N+]12CC[N+](CC(=O)c3ccccc3)(CC1)CC2)c1ccccc1. The van der Waals surface area contributed by atoms with Crippen molar-refractivity contribution in [3.63, 3.8) is 0 Å². The number of hydrogen-bond donors (Lipinski definition) is 0. The number of piperazine rings is 3. The topological polar surface area (TPSA) is 34.1 Å². The highest BCUT2D eigenvalue weighted by molar-refractivity contribution is 5.97. The molecule has 3 aromatic rings. The van der Waals surface area contributed by atoms with Gasteiger partial charge in [0.25, 0.3) is 0 Å². The molecule has 4 nitrogen and oxygen atoms in total. The molecule has 3 aliphatic rings. The van der Waals surface area contributed by atoms with Gasteiger partial charge in [0.05, 0.1) is 0 Å². The molecule has 0 spiro atoms. The zero-order valence-corrected chi connectivity index (χ0v) is 19.8. The van der Waals surface area contributed by atoms with E-state index in [9.17, 15) is 14.0 Å². The monoisotopic (exact) mass is 460 g/mol. The summed E-state index contributed by atoms with van der Waals surface area (Å²) in [6.07, 6.45) is 0. The van der Waals surface area contributed by atoms with Crippen LogP contribution in [0.4, 0.5) is 4.39 Å². The molecular weight excluding hydrogens is 427 g/mol. The Morgan fingerprint density at radius 1 is 0.647 bits per heavy atom. The Balaban J connectivity index is 0.000000291. The summed E-state index contributed by atoms with van der Waals surface area (Å²) in [5.74, 6) is 0.325. The summed E-state index contributed by atoms with van der Waals surface area (Å²) >= 11 is 0. The normalized spacial score (nSPS) is 23.0. The quantitative estimate of drug-likeness (QED) is 0.400. The lowest BCUT2D eigenvalue weighted by atomic mass is 10.0. The van der Waals surface area contributed by atoms with Crippen molar-refractivity contribution in [1.82, 2.24) is 0 Å². The summed E-state index contributed by atoms with van der Waals surface area (Å²) < 4.78 is 14.0. The molecule has 0 aromatic heterocycles. The molecule has 3 fully saturated rings. The average molecular weight is 461 g/mol. The molecule has 3 saturated heterocycles. The maximum atomic E-state index is 12.7. The van der Waals surface area contributed by atoms with Crippen LogP contribution < -0.4 is 0 Å². The van der Waals surface area contributed by atoms with Crippen LogP contribution in [-0.4, -0.2) is 72.9 Å². The third kappa shape index (κ3) is 5.85. The number of rotatable bonds is 6. The highest BCUT2D eigenvalue weighted by Crippen LogP contribution is 2.27. The molecule has 34 heavy (non-hydrogen) atoms. The highest BCUT2D eigenvalue weighted by Gasteiger charge is 2.50. The standard InChI is InChI=1S/C22H26N2O2.C7H7F/c25-21(19-7-3-1-4-8-19)17-23-11-14-24(15-12-23,16-13-23)18-22(26)20-9-5-2-6-10-20;1-6-3-2-4-7(8)5-6/h1-10H,11-18H2;2-5H,1H3/q+2;. The zero-order chi connectivity index (χ0) is 24.0. The fourth-order valence-corrected chi connectivity index (χ4v) is 5.06. The van der Waals surface area contributed by atoms with Crippen molar-refractivity contribution in [2.24, 2.45) is 0 Å². The van der Waals surface area contributed by atoms with Gasteiger partial charge < -0.3 is 8.97 Å². The number of nitrogens with zero attached hydrogens (tertiary/aromatic N) is 2. The van der Waals surface area contributed by atoms with Crippen LogP contribution in [-0.2, 0) is 0 Å². The lowest BCUT2D eigenvalue weighted by Gasteiger charge is -2.55. The summed E-state index contributed by atoms with van der Waals surface area (Å²) in [7, 11) is 0. The molecule has 0 unspecified atom stereocenters. The summed E-state index contributed by atoms with van der Waals surface area (Å²) in [6, 6.07) is 25.7. The van der Waals surface area contributed by atoms with Crippen LogP contribution in [0.1, 0.15) is 26.3 Å². The number of ketones is 2. The van der Waals surface area contributed by atoms with E-state index in [1.54, 1.807) is 6.07 Å². The van der Waals surface area contributed by atoms with Gasteiger partial charge in [-0.2, -0.15) is 0 Å². The number of carbonyl (C=O) groups is 2. The number of halogens is 1. The van der Waals surface area contributed by atoms with Gasteiger partial charge in [-0.05, 0) is 24.6 Å². The van der Waals surface area contributed by atoms with E-state index in [4.69, 9.17) is 0 Å². The number of hydrogen-bond acceptors (Lipinski definition) is 2. The first kappa shape index (κ1) is 24.0. The van der Waals surface area contributed by atoms with Gasteiger partial charge in [0.2, 0.25) is 11.6 Å². The number of fused-ring (bicyclic) bond motifs is 3. The van der Waals surface area contributed by atoms with Gasteiger partial charge in [-0.3, -0.25) is 9.59 Å². The Hall–Kier alpha value is -3.15. The Bertz CT molecular complexity index is 1020. The molecule has 3 aliphatic heterocycles. The molecule has 5 heteroatoms. The van der Waals surface area contributed by atoms with E-state index >= 15 is 0 Å². The van der Waals surface area contributed by atoms with Crippen molar-refractivity contribution in [2.75, 3.05) is 52.4 Å². The van der Waals surface area contributed by atoms with E-state index in [2.05, 4.69) is 0 Å². The molecule has 3 aromatic carbocycles. The van der Waals surface area contributed by atoms with Crippen molar-refractivity contribution in [1.29, 1.82) is 0 Å². The maximum absolute atomic E-state index is 12.7. The van der Waals surface area contributed by atoms with E-state index in [1.165, 1.54) is 12.1 Å². The molecule has 0 N–H and O–H groups in total. The van der Waals surface area contributed by atoms with Gasteiger partial charge in [-0.25, -0.2) is 4.39 Å². The van der Waals surface area contributed by atoms with Crippen molar-refractivity contribution in [3.05, 3.63) is 107 Å².